The summed E-state index contributed by atoms with van der Waals surface area (Å²) in [6, 6.07) is 11.6. The summed E-state index contributed by atoms with van der Waals surface area (Å²) < 4.78 is 0. The van der Waals surface area contributed by atoms with Crippen molar-refractivity contribution in [2.45, 2.75) is 70.8 Å². The van der Waals surface area contributed by atoms with Crippen LogP contribution in [0.5, 0.6) is 0 Å². The first kappa shape index (κ1) is 15.7. The predicted octanol–water partition coefficient (Wildman–Crippen LogP) is 5.20. The van der Waals surface area contributed by atoms with Crippen molar-refractivity contribution in [3.63, 3.8) is 0 Å². The van der Waals surface area contributed by atoms with E-state index in [1.54, 1.807) is 38.5 Å². The van der Waals surface area contributed by atoms with Gasteiger partial charge in [-0.1, -0.05) is 30.3 Å². The second-order valence-corrected chi connectivity index (χ2v) is 9.05. The smallest absolute Gasteiger partial charge is 0.00418 e. The molecule has 1 heteroatoms. The molecule has 4 aliphatic rings. The van der Waals surface area contributed by atoms with Gasteiger partial charge in [-0.15, -0.1) is 0 Å². The predicted molar refractivity (Wildman–Crippen MR) is 97.4 cm³/mol. The van der Waals surface area contributed by atoms with Crippen molar-refractivity contribution in [2.24, 2.45) is 23.2 Å². The molecule has 4 bridgehead atoms. The Labute approximate surface area is 142 Å². The number of nitrogens with one attached hydrogen (secondary N) is 1. The van der Waals surface area contributed by atoms with E-state index in [1.807, 2.05) is 0 Å². The summed E-state index contributed by atoms with van der Waals surface area (Å²) in [5, 5.41) is 3.83. The lowest BCUT2D eigenvalue weighted by Gasteiger charge is -2.57. The van der Waals surface area contributed by atoms with E-state index < -0.39 is 0 Å². The van der Waals surface area contributed by atoms with Gasteiger partial charge in [0.1, 0.15) is 0 Å². The van der Waals surface area contributed by atoms with Crippen molar-refractivity contribution in [1.29, 1.82) is 0 Å². The molecule has 1 aromatic rings. The van der Waals surface area contributed by atoms with Gasteiger partial charge in [0.15, 0.2) is 0 Å². The normalized spacial score (nSPS) is 36.3. The van der Waals surface area contributed by atoms with Gasteiger partial charge in [0, 0.05) is 6.04 Å². The highest BCUT2D eigenvalue weighted by molar-refractivity contribution is 5.14. The Hall–Kier alpha value is -0.820. The van der Waals surface area contributed by atoms with E-state index in [9.17, 15) is 0 Å². The van der Waals surface area contributed by atoms with Crippen LogP contribution in [0.1, 0.15) is 63.9 Å². The summed E-state index contributed by atoms with van der Waals surface area (Å²) in [5.74, 6) is 3.28. The molecule has 0 heterocycles. The van der Waals surface area contributed by atoms with Crippen LogP contribution in [0.25, 0.3) is 0 Å². The van der Waals surface area contributed by atoms with E-state index >= 15 is 0 Å². The lowest BCUT2D eigenvalue weighted by atomic mass is 9.49. The molecule has 0 radical (unpaired) electrons. The summed E-state index contributed by atoms with van der Waals surface area (Å²) in [5.41, 5.74) is 2.21. The fourth-order valence-electron chi connectivity index (χ4n) is 6.31. The quantitative estimate of drug-likeness (QED) is 0.729. The Kier molecular flexibility index (Phi) is 4.50. The highest BCUT2D eigenvalue weighted by Crippen LogP contribution is 2.61. The number of hydrogen-bond donors (Lipinski definition) is 1. The number of benzene rings is 1. The fourth-order valence-corrected chi connectivity index (χ4v) is 6.31. The zero-order chi connectivity index (χ0) is 15.7. The summed E-state index contributed by atoms with van der Waals surface area (Å²) in [6.07, 6.45) is 13.3. The minimum Gasteiger partial charge on any atom is -0.314 e. The van der Waals surface area contributed by atoms with Gasteiger partial charge in [-0.2, -0.15) is 0 Å². The molecule has 5 rings (SSSR count). The van der Waals surface area contributed by atoms with Crippen LogP contribution in [0, 0.1) is 23.2 Å². The lowest BCUT2D eigenvalue weighted by molar-refractivity contribution is -0.0569. The molecular weight excluding hydrogens is 278 g/mol. The Bertz CT molecular complexity index is 471. The fraction of sp³-hybridized carbons (Fsp3) is 0.727. The van der Waals surface area contributed by atoms with Gasteiger partial charge in [0.25, 0.3) is 0 Å². The molecule has 23 heavy (non-hydrogen) atoms. The van der Waals surface area contributed by atoms with Crippen LogP contribution >= 0.6 is 0 Å². The largest absolute Gasteiger partial charge is 0.314 e. The van der Waals surface area contributed by atoms with Crippen LogP contribution in [0.3, 0.4) is 0 Å². The topological polar surface area (TPSA) is 12.0 Å². The maximum Gasteiger partial charge on any atom is 0.00418 e. The van der Waals surface area contributed by atoms with Gasteiger partial charge < -0.3 is 5.32 Å². The second kappa shape index (κ2) is 6.59. The summed E-state index contributed by atoms with van der Waals surface area (Å²) in [7, 11) is 0. The van der Waals surface area contributed by atoms with Crippen molar-refractivity contribution in [3.05, 3.63) is 35.9 Å². The van der Waals surface area contributed by atoms with Crippen molar-refractivity contribution >= 4 is 0 Å². The molecular formula is C22H33N. The Morgan fingerprint density at radius 3 is 2.22 bits per heavy atom. The molecule has 1 aromatic carbocycles. The first-order valence-corrected chi connectivity index (χ1v) is 9.98. The maximum atomic E-state index is 3.83. The number of aryl methyl sites for hydroxylation is 1. The van der Waals surface area contributed by atoms with Crippen molar-refractivity contribution in [3.8, 4) is 0 Å². The standard InChI is InChI=1S/C22H33N/c1-17(7-8-18-5-3-2-4-6-18)23-10-9-22-14-19-11-20(15-22)13-21(12-19)16-22/h2-6,17,19-21,23H,7-16H2,1H3. The third-order valence-corrected chi connectivity index (χ3v) is 7.02. The zero-order valence-corrected chi connectivity index (χ0v) is 14.8. The molecule has 0 spiro atoms. The van der Waals surface area contributed by atoms with E-state index in [4.69, 9.17) is 0 Å². The van der Waals surface area contributed by atoms with Crippen molar-refractivity contribution in [2.75, 3.05) is 6.54 Å². The van der Waals surface area contributed by atoms with Gasteiger partial charge in [-0.3, -0.25) is 0 Å². The van der Waals surface area contributed by atoms with Crippen LogP contribution in [0.15, 0.2) is 30.3 Å². The SMILES string of the molecule is CC(CCc1ccccc1)NCCC12CC3CC(CC(C3)C1)C2. The molecule has 0 aromatic heterocycles. The van der Waals surface area contributed by atoms with Gasteiger partial charge in [-0.05, 0) is 100.0 Å². The van der Waals surface area contributed by atoms with Crippen LogP contribution in [-0.2, 0) is 6.42 Å². The molecule has 1 unspecified atom stereocenters. The first-order valence-electron chi connectivity index (χ1n) is 9.98. The summed E-state index contributed by atoms with van der Waals surface area (Å²) in [6.45, 7) is 3.60. The third kappa shape index (κ3) is 3.65. The van der Waals surface area contributed by atoms with Crippen LogP contribution in [0.4, 0.5) is 0 Å². The van der Waals surface area contributed by atoms with Crippen LogP contribution in [-0.4, -0.2) is 12.6 Å². The molecule has 4 fully saturated rings. The highest BCUT2D eigenvalue weighted by Gasteiger charge is 2.50. The second-order valence-electron chi connectivity index (χ2n) is 9.05. The Morgan fingerprint density at radius 2 is 1.61 bits per heavy atom. The van der Waals surface area contributed by atoms with Gasteiger partial charge in [-0.25, -0.2) is 0 Å². The van der Waals surface area contributed by atoms with E-state index in [1.165, 1.54) is 31.4 Å². The highest BCUT2D eigenvalue weighted by atomic mass is 14.9. The zero-order valence-electron chi connectivity index (χ0n) is 14.8. The number of hydrogen-bond acceptors (Lipinski definition) is 1. The molecule has 1 nitrogen and oxygen atoms in total. The Morgan fingerprint density at radius 1 is 1.00 bits per heavy atom. The molecule has 0 saturated heterocycles. The molecule has 0 amide bonds. The molecule has 126 valence electrons. The Balaban J connectivity index is 1.21. The van der Waals surface area contributed by atoms with E-state index in [0.717, 1.165) is 23.2 Å². The van der Waals surface area contributed by atoms with Gasteiger partial charge in [0.2, 0.25) is 0 Å². The maximum absolute atomic E-state index is 3.83. The average Bonchev–Trinajstić information content (AvgIpc) is 2.52. The molecule has 4 saturated carbocycles. The summed E-state index contributed by atoms with van der Waals surface area (Å²) >= 11 is 0. The minimum atomic E-state index is 0.643. The average molecular weight is 312 g/mol. The van der Waals surface area contributed by atoms with Crippen LogP contribution in [0.2, 0.25) is 0 Å². The molecule has 0 aliphatic heterocycles. The molecule has 1 N–H and O–H groups in total. The molecule has 1 atom stereocenters. The number of rotatable bonds is 7. The minimum absolute atomic E-state index is 0.643. The summed E-state index contributed by atoms with van der Waals surface area (Å²) in [4.78, 5) is 0. The first-order chi connectivity index (χ1) is 11.2. The monoisotopic (exact) mass is 311 g/mol. The van der Waals surface area contributed by atoms with E-state index in [2.05, 4.69) is 42.6 Å². The van der Waals surface area contributed by atoms with E-state index in [0.29, 0.717) is 6.04 Å². The van der Waals surface area contributed by atoms with Gasteiger partial charge in [0.05, 0.1) is 0 Å². The lowest BCUT2D eigenvalue weighted by Crippen LogP contribution is -2.47. The van der Waals surface area contributed by atoms with Crippen LogP contribution < -0.4 is 5.32 Å². The van der Waals surface area contributed by atoms with Crippen molar-refractivity contribution < 1.29 is 0 Å². The van der Waals surface area contributed by atoms with Crippen molar-refractivity contribution in [1.82, 2.24) is 5.32 Å². The van der Waals surface area contributed by atoms with Gasteiger partial charge >= 0.3 is 0 Å². The molecule has 4 aliphatic carbocycles. The third-order valence-electron chi connectivity index (χ3n) is 7.02. The van der Waals surface area contributed by atoms with E-state index in [-0.39, 0.29) is 0 Å².